The van der Waals surface area contributed by atoms with Crippen molar-refractivity contribution in [1.82, 2.24) is 20.5 Å². The van der Waals surface area contributed by atoms with E-state index < -0.39 is 0 Å². The highest BCUT2D eigenvalue weighted by molar-refractivity contribution is 5.80. The fourth-order valence-electron chi connectivity index (χ4n) is 4.26. The van der Waals surface area contributed by atoms with E-state index in [0.29, 0.717) is 32.1 Å². The molecule has 7 heteroatoms. The average molecular weight is 358 g/mol. The van der Waals surface area contributed by atoms with Gasteiger partial charge in [-0.3, -0.25) is 9.78 Å². The number of ether oxygens (including phenoxy) is 1. The zero-order chi connectivity index (χ0) is 17.9. The van der Waals surface area contributed by atoms with Crippen LogP contribution in [0.15, 0.2) is 24.5 Å². The number of nitrogens with zero attached hydrogens (tertiary/aromatic N) is 2. The Balaban J connectivity index is 1.30. The van der Waals surface area contributed by atoms with Crippen molar-refractivity contribution in [2.24, 2.45) is 5.92 Å². The molecule has 1 aliphatic carbocycles. The van der Waals surface area contributed by atoms with E-state index in [1.165, 1.54) is 12.8 Å². The SMILES string of the molecule is O=C(NCc1cccnc1)[C@@H]1C[C@H]2CN(C(=O)NC3CCCC3)C[C@@H]1O2. The molecule has 4 rings (SSSR count). The molecule has 1 aromatic rings. The number of aromatic nitrogens is 1. The molecule has 0 aromatic carbocycles. The van der Waals surface area contributed by atoms with Gasteiger partial charge >= 0.3 is 6.03 Å². The van der Waals surface area contributed by atoms with Crippen LogP contribution in [-0.4, -0.2) is 53.2 Å². The zero-order valence-electron chi connectivity index (χ0n) is 14.9. The van der Waals surface area contributed by atoms with E-state index in [2.05, 4.69) is 15.6 Å². The van der Waals surface area contributed by atoms with Crippen LogP contribution >= 0.6 is 0 Å². The summed E-state index contributed by atoms with van der Waals surface area (Å²) in [5.41, 5.74) is 0.973. The van der Waals surface area contributed by atoms with Crippen LogP contribution in [0.3, 0.4) is 0 Å². The Morgan fingerprint density at radius 2 is 2.12 bits per heavy atom. The molecule has 3 atom stereocenters. The minimum Gasteiger partial charge on any atom is -0.370 e. The van der Waals surface area contributed by atoms with Crippen molar-refractivity contribution in [2.75, 3.05) is 13.1 Å². The maximum Gasteiger partial charge on any atom is 0.317 e. The minimum absolute atomic E-state index is 0.000552. The molecule has 7 nitrogen and oxygen atoms in total. The Morgan fingerprint density at radius 1 is 1.27 bits per heavy atom. The van der Waals surface area contributed by atoms with Crippen molar-refractivity contribution >= 4 is 11.9 Å². The lowest BCUT2D eigenvalue weighted by atomic mass is 9.99. The Bertz CT molecular complexity index is 647. The molecule has 140 valence electrons. The summed E-state index contributed by atoms with van der Waals surface area (Å²) < 4.78 is 5.94. The lowest BCUT2D eigenvalue weighted by molar-refractivity contribution is -0.127. The van der Waals surface area contributed by atoms with Gasteiger partial charge in [-0.15, -0.1) is 0 Å². The van der Waals surface area contributed by atoms with E-state index in [0.717, 1.165) is 18.4 Å². The second-order valence-electron chi connectivity index (χ2n) is 7.55. The van der Waals surface area contributed by atoms with Gasteiger partial charge in [0.05, 0.1) is 18.1 Å². The molecule has 26 heavy (non-hydrogen) atoms. The molecular weight excluding hydrogens is 332 g/mol. The first-order valence-electron chi connectivity index (χ1n) is 9.56. The van der Waals surface area contributed by atoms with Gasteiger partial charge in [0.15, 0.2) is 0 Å². The maximum absolute atomic E-state index is 12.6. The largest absolute Gasteiger partial charge is 0.370 e. The van der Waals surface area contributed by atoms with Crippen molar-refractivity contribution in [3.05, 3.63) is 30.1 Å². The molecular formula is C19H26N4O3. The van der Waals surface area contributed by atoms with Crippen LogP contribution in [0.5, 0.6) is 0 Å². The molecule has 2 N–H and O–H groups in total. The highest BCUT2D eigenvalue weighted by atomic mass is 16.5. The second-order valence-corrected chi connectivity index (χ2v) is 7.55. The number of nitrogens with one attached hydrogen (secondary N) is 2. The number of hydrogen-bond donors (Lipinski definition) is 2. The molecule has 0 radical (unpaired) electrons. The van der Waals surface area contributed by atoms with Crippen molar-refractivity contribution < 1.29 is 14.3 Å². The van der Waals surface area contributed by atoms with Crippen LogP contribution in [-0.2, 0) is 16.1 Å². The van der Waals surface area contributed by atoms with Gasteiger partial charge in [0, 0.05) is 38.1 Å². The van der Waals surface area contributed by atoms with Gasteiger partial charge < -0.3 is 20.3 Å². The normalized spacial score (nSPS) is 28.2. The summed E-state index contributed by atoms with van der Waals surface area (Å²) in [5, 5.41) is 6.11. The van der Waals surface area contributed by atoms with Crippen molar-refractivity contribution in [3.63, 3.8) is 0 Å². The van der Waals surface area contributed by atoms with Crippen LogP contribution in [0.25, 0.3) is 0 Å². The number of likely N-dealkylation sites (tertiary alicyclic amines) is 1. The number of carbonyl (C=O) groups excluding carboxylic acids is 2. The number of hydrogen-bond acceptors (Lipinski definition) is 4. The number of fused-ring (bicyclic) bond motifs is 2. The maximum atomic E-state index is 12.6. The van der Waals surface area contributed by atoms with Crippen LogP contribution in [0.2, 0.25) is 0 Å². The standard InChI is InChI=1S/C19H26N4O3/c24-18(21-10-13-4-3-7-20-9-13)16-8-15-11-23(12-17(16)26-15)19(25)22-14-5-1-2-6-14/h3-4,7,9,14-17H,1-2,5-6,8,10-12H2,(H,21,24)(H,22,25)/t15-,16+,17-/m0/s1. The van der Waals surface area contributed by atoms with Gasteiger partial charge in [0.2, 0.25) is 5.91 Å². The second kappa shape index (κ2) is 7.61. The number of urea groups is 1. The molecule has 0 unspecified atom stereocenters. The minimum atomic E-state index is -0.211. The Hall–Kier alpha value is -2.15. The predicted octanol–water partition coefficient (Wildman–Crippen LogP) is 1.44. The third-order valence-electron chi connectivity index (χ3n) is 5.65. The van der Waals surface area contributed by atoms with E-state index in [4.69, 9.17) is 4.74 Å². The van der Waals surface area contributed by atoms with Crippen molar-refractivity contribution in [3.8, 4) is 0 Å². The number of pyridine rings is 1. The molecule has 1 aromatic heterocycles. The Labute approximate surface area is 153 Å². The Kier molecular flexibility index (Phi) is 5.06. The monoisotopic (exact) mass is 358 g/mol. The summed E-state index contributed by atoms with van der Waals surface area (Å²) in [4.78, 5) is 31.0. The summed E-state index contributed by atoms with van der Waals surface area (Å²) in [5.74, 6) is -0.194. The van der Waals surface area contributed by atoms with E-state index in [1.54, 1.807) is 12.4 Å². The van der Waals surface area contributed by atoms with Gasteiger partial charge in [-0.25, -0.2) is 4.79 Å². The first-order valence-corrected chi connectivity index (χ1v) is 9.56. The van der Waals surface area contributed by atoms with E-state index in [-0.39, 0.29) is 30.1 Å². The fourth-order valence-corrected chi connectivity index (χ4v) is 4.26. The van der Waals surface area contributed by atoms with Crippen LogP contribution in [0.4, 0.5) is 4.79 Å². The lowest BCUT2D eigenvalue weighted by Gasteiger charge is -2.33. The molecule has 1 saturated carbocycles. The molecule has 2 saturated heterocycles. The van der Waals surface area contributed by atoms with Crippen LogP contribution in [0.1, 0.15) is 37.7 Å². The number of amides is 3. The number of rotatable bonds is 4. The molecule has 3 aliphatic rings. The molecule has 3 heterocycles. The van der Waals surface area contributed by atoms with Crippen LogP contribution < -0.4 is 10.6 Å². The quantitative estimate of drug-likeness (QED) is 0.853. The first-order chi connectivity index (χ1) is 12.7. The molecule has 0 spiro atoms. The van der Waals surface area contributed by atoms with Crippen molar-refractivity contribution in [2.45, 2.75) is 56.9 Å². The van der Waals surface area contributed by atoms with E-state index in [1.807, 2.05) is 17.0 Å². The van der Waals surface area contributed by atoms with Gasteiger partial charge in [-0.2, -0.15) is 0 Å². The summed E-state index contributed by atoms with van der Waals surface area (Å²) in [7, 11) is 0. The van der Waals surface area contributed by atoms with E-state index >= 15 is 0 Å². The smallest absolute Gasteiger partial charge is 0.317 e. The van der Waals surface area contributed by atoms with E-state index in [9.17, 15) is 9.59 Å². The zero-order valence-corrected chi connectivity index (χ0v) is 14.9. The molecule has 2 aliphatic heterocycles. The van der Waals surface area contributed by atoms with Gasteiger partial charge in [0.1, 0.15) is 0 Å². The summed E-state index contributed by atoms with van der Waals surface area (Å²) in [6.45, 7) is 1.52. The van der Waals surface area contributed by atoms with Crippen LogP contribution in [0, 0.1) is 5.92 Å². The Morgan fingerprint density at radius 3 is 2.88 bits per heavy atom. The summed E-state index contributed by atoms with van der Waals surface area (Å²) >= 11 is 0. The van der Waals surface area contributed by atoms with Gasteiger partial charge in [-0.1, -0.05) is 18.9 Å². The highest BCUT2D eigenvalue weighted by Crippen LogP contribution is 2.32. The molecule has 3 fully saturated rings. The third kappa shape index (κ3) is 3.82. The van der Waals surface area contributed by atoms with Gasteiger partial charge in [0.25, 0.3) is 0 Å². The van der Waals surface area contributed by atoms with Gasteiger partial charge in [-0.05, 0) is 30.9 Å². The first kappa shape index (κ1) is 17.3. The number of carbonyl (C=O) groups is 2. The third-order valence-corrected chi connectivity index (χ3v) is 5.65. The van der Waals surface area contributed by atoms with Crippen molar-refractivity contribution in [1.29, 1.82) is 0 Å². The lowest BCUT2D eigenvalue weighted by Crippen LogP contribution is -2.52. The molecule has 3 amide bonds. The molecule has 2 bridgehead atoms. The summed E-state index contributed by atoms with van der Waals surface area (Å²) in [6, 6.07) is 4.09. The topological polar surface area (TPSA) is 83.6 Å². The number of morpholine rings is 1. The highest BCUT2D eigenvalue weighted by Gasteiger charge is 2.45. The summed E-state index contributed by atoms with van der Waals surface area (Å²) in [6.07, 6.45) is 8.41. The fraction of sp³-hybridized carbons (Fsp3) is 0.632. The predicted molar refractivity (Wildman–Crippen MR) is 95.2 cm³/mol. The average Bonchev–Trinajstić information content (AvgIpc) is 3.27.